The standard InChI is InChI=1S/C13H21BrN4O/c1-2-15-12-16-8-10(14)11(17-12)18-13(9-19)6-4-3-5-7-13/h8,19H,2-7,9H2,1H3,(H2,15,16,17,18). The van der Waals surface area contributed by atoms with Crippen LogP contribution in [-0.2, 0) is 0 Å². The molecule has 0 bridgehead atoms. The molecule has 0 aliphatic heterocycles. The van der Waals surface area contributed by atoms with Crippen LogP contribution in [0, 0.1) is 0 Å². The number of aromatic nitrogens is 2. The van der Waals surface area contributed by atoms with E-state index in [9.17, 15) is 5.11 Å². The molecule has 0 amide bonds. The third-order valence-electron chi connectivity index (χ3n) is 3.58. The van der Waals surface area contributed by atoms with E-state index in [1.165, 1.54) is 6.42 Å². The fourth-order valence-electron chi connectivity index (χ4n) is 2.50. The minimum atomic E-state index is -0.237. The molecule has 0 radical (unpaired) electrons. The summed E-state index contributed by atoms with van der Waals surface area (Å²) in [4.78, 5) is 8.66. The SMILES string of the molecule is CCNc1ncc(Br)c(NC2(CO)CCCCC2)n1. The van der Waals surface area contributed by atoms with Gasteiger partial charge in [0, 0.05) is 12.7 Å². The molecule has 2 rings (SSSR count). The van der Waals surface area contributed by atoms with Gasteiger partial charge in [0.25, 0.3) is 0 Å². The minimum absolute atomic E-state index is 0.139. The fourth-order valence-corrected chi connectivity index (χ4v) is 2.79. The number of nitrogens with zero attached hydrogens (tertiary/aromatic N) is 2. The Balaban J connectivity index is 2.18. The van der Waals surface area contributed by atoms with Crippen LogP contribution in [0.2, 0.25) is 0 Å². The molecule has 1 aliphatic carbocycles. The maximum absolute atomic E-state index is 9.73. The van der Waals surface area contributed by atoms with Crippen LogP contribution in [0.25, 0.3) is 0 Å². The zero-order valence-electron chi connectivity index (χ0n) is 11.2. The van der Waals surface area contributed by atoms with Crippen molar-refractivity contribution in [3.63, 3.8) is 0 Å². The first-order valence-corrected chi connectivity index (χ1v) is 7.64. The van der Waals surface area contributed by atoms with Crippen molar-refractivity contribution in [3.8, 4) is 0 Å². The molecule has 0 spiro atoms. The highest BCUT2D eigenvalue weighted by Crippen LogP contribution is 2.33. The summed E-state index contributed by atoms with van der Waals surface area (Å²) in [7, 11) is 0. The molecule has 19 heavy (non-hydrogen) atoms. The van der Waals surface area contributed by atoms with Crippen molar-refractivity contribution in [1.82, 2.24) is 9.97 Å². The van der Waals surface area contributed by atoms with Crippen molar-refractivity contribution in [1.29, 1.82) is 0 Å². The van der Waals surface area contributed by atoms with E-state index in [-0.39, 0.29) is 12.1 Å². The van der Waals surface area contributed by atoms with Gasteiger partial charge in [-0.3, -0.25) is 0 Å². The molecule has 0 aromatic carbocycles. The average molecular weight is 329 g/mol. The molecule has 1 fully saturated rings. The highest BCUT2D eigenvalue weighted by atomic mass is 79.9. The van der Waals surface area contributed by atoms with Crippen LogP contribution >= 0.6 is 15.9 Å². The van der Waals surface area contributed by atoms with Crippen molar-refractivity contribution < 1.29 is 5.11 Å². The van der Waals surface area contributed by atoms with Crippen molar-refractivity contribution in [3.05, 3.63) is 10.7 Å². The molecule has 0 unspecified atom stereocenters. The van der Waals surface area contributed by atoms with E-state index in [1.807, 2.05) is 6.92 Å². The monoisotopic (exact) mass is 328 g/mol. The first-order valence-electron chi connectivity index (χ1n) is 6.84. The van der Waals surface area contributed by atoms with Gasteiger partial charge < -0.3 is 15.7 Å². The number of hydrogen-bond acceptors (Lipinski definition) is 5. The summed E-state index contributed by atoms with van der Waals surface area (Å²) in [6.45, 7) is 2.93. The highest BCUT2D eigenvalue weighted by molar-refractivity contribution is 9.10. The van der Waals surface area contributed by atoms with E-state index in [2.05, 4.69) is 36.5 Å². The summed E-state index contributed by atoms with van der Waals surface area (Å²) in [5, 5.41) is 16.3. The Morgan fingerprint density at radius 2 is 2.11 bits per heavy atom. The third kappa shape index (κ3) is 3.57. The lowest BCUT2D eigenvalue weighted by Crippen LogP contribution is -2.44. The van der Waals surface area contributed by atoms with E-state index >= 15 is 0 Å². The van der Waals surface area contributed by atoms with Crippen LogP contribution in [0.1, 0.15) is 39.0 Å². The lowest BCUT2D eigenvalue weighted by molar-refractivity contribution is 0.172. The molecule has 0 atom stereocenters. The first kappa shape index (κ1) is 14.5. The maximum atomic E-state index is 9.73. The first-order chi connectivity index (χ1) is 9.19. The van der Waals surface area contributed by atoms with E-state index in [1.54, 1.807) is 6.20 Å². The van der Waals surface area contributed by atoms with E-state index in [4.69, 9.17) is 0 Å². The zero-order valence-corrected chi connectivity index (χ0v) is 12.8. The van der Waals surface area contributed by atoms with Gasteiger partial charge in [0.05, 0.1) is 16.6 Å². The van der Waals surface area contributed by atoms with Crippen LogP contribution in [0.4, 0.5) is 11.8 Å². The smallest absolute Gasteiger partial charge is 0.224 e. The molecule has 1 aliphatic rings. The van der Waals surface area contributed by atoms with Crippen LogP contribution in [-0.4, -0.2) is 33.8 Å². The molecular formula is C13H21BrN4O. The molecule has 1 heterocycles. The van der Waals surface area contributed by atoms with Gasteiger partial charge in [-0.25, -0.2) is 4.98 Å². The second-order valence-corrected chi connectivity index (χ2v) is 5.90. The second kappa shape index (κ2) is 6.52. The molecule has 1 saturated carbocycles. The quantitative estimate of drug-likeness (QED) is 0.775. The van der Waals surface area contributed by atoms with Crippen LogP contribution in [0.3, 0.4) is 0 Å². The van der Waals surface area contributed by atoms with Crippen LogP contribution in [0.5, 0.6) is 0 Å². The number of aliphatic hydroxyl groups is 1. The predicted octanol–water partition coefficient (Wildman–Crippen LogP) is 2.78. The maximum Gasteiger partial charge on any atom is 0.224 e. The van der Waals surface area contributed by atoms with E-state index < -0.39 is 0 Å². The highest BCUT2D eigenvalue weighted by Gasteiger charge is 2.32. The summed E-state index contributed by atoms with van der Waals surface area (Å²) in [5.74, 6) is 1.36. The van der Waals surface area contributed by atoms with Gasteiger partial charge in [-0.15, -0.1) is 0 Å². The Labute approximate surface area is 122 Å². The summed E-state index contributed by atoms with van der Waals surface area (Å²) in [5.41, 5.74) is -0.237. The number of aliphatic hydroxyl groups excluding tert-OH is 1. The molecule has 0 saturated heterocycles. The number of rotatable bonds is 5. The lowest BCUT2D eigenvalue weighted by Gasteiger charge is -2.37. The second-order valence-electron chi connectivity index (χ2n) is 5.04. The number of anilines is 2. The molecule has 5 nitrogen and oxygen atoms in total. The number of hydrogen-bond donors (Lipinski definition) is 3. The van der Waals surface area contributed by atoms with Crippen molar-refractivity contribution in [2.45, 2.75) is 44.6 Å². The summed E-state index contributed by atoms with van der Waals surface area (Å²) in [6, 6.07) is 0. The summed E-state index contributed by atoms with van der Waals surface area (Å²) < 4.78 is 0.826. The molecule has 106 valence electrons. The van der Waals surface area contributed by atoms with E-state index in [0.29, 0.717) is 5.95 Å². The van der Waals surface area contributed by atoms with Crippen LogP contribution < -0.4 is 10.6 Å². The van der Waals surface area contributed by atoms with Gasteiger partial charge in [0.1, 0.15) is 5.82 Å². The van der Waals surface area contributed by atoms with Gasteiger partial charge >= 0.3 is 0 Å². The normalized spacial score (nSPS) is 18.1. The van der Waals surface area contributed by atoms with Crippen LogP contribution in [0.15, 0.2) is 10.7 Å². The van der Waals surface area contributed by atoms with Gasteiger partial charge in [-0.05, 0) is 35.7 Å². The Morgan fingerprint density at radius 1 is 1.37 bits per heavy atom. The van der Waals surface area contributed by atoms with Gasteiger partial charge in [0.15, 0.2) is 0 Å². The zero-order chi connectivity index (χ0) is 13.7. The molecular weight excluding hydrogens is 308 g/mol. The van der Waals surface area contributed by atoms with Crippen molar-refractivity contribution in [2.24, 2.45) is 0 Å². The Hall–Kier alpha value is -0.880. The Morgan fingerprint density at radius 3 is 2.74 bits per heavy atom. The molecule has 3 N–H and O–H groups in total. The topological polar surface area (TPSA) is 70.1 Å². The minimum Gasteiger partial charge on any atom is -0.394 e. The third-order valence-corrected chi connectivity index (χ3v) is 4.16. The average Bonchev–Trinajstić information content (AvgIpc) is 2.44. The fraction of sp³-hybridized carbons (Fsp3) is 0.692. The van der Waals surface area contributed by atoms with Crippen molar-refractivity contribution >= 4 is 27.7 Å². The molecule has 6 heteroatoms. The summed E-state index contributed by atoms with van der Waals surface area (Å²) >= 11 is 3.46. The number of halogens is 1. The van der Waals surface area contributed by atoms with Gasteiger partial charge in [-0.2, -0.15) is 4.98 Å². The van der Waals surface area contributed by atoms with Crippen molar-refractivity contribution in [2.75, 3.05) is 23.8 Å². The predicted molar refractivity (Wildman–Crippen MR) is 80.4 cm³/mol. The molecule has 1 aromatic rings. The summed E-state index contributed by atoms with van der Waals surface area (Å²) in [6.07, 6.45) is 7.25. The van der Waals surface area contributed by atoms with Gasteiger partial charge in [0.2, 0.25) is 5.95 Å². The molecule has 1 aromatic heterocycles. The van der Waals surface area contributed by atoms with E-state index in [0.717, 1.165) is 42.5 Å². The lowest BCUT2D eigenvalue weighted by atomic mass is 9.82. The number of nitrogens with one attached hydrogen (secondary N) is 2. The largest absolute Gasteiger partial charge is 0.394 e. The van der Waals surface area contributed by atoms with Gasteiger partial charge in [-0.1, -0.05) is 19.3 Å². The Kier molecular flexibility index (Phi) is 4.99. The Bertz CT molecular complexity index is 421.